The molecule has 0 aromatic heterocycles. The lowest BCUT2D eigenvalue weighted by atomic mass is 9.92. The molecule has 0 saturated carbocycles. The first-order valence-corrected chi connectivity index (χ1v) is 12.4. The number of carbonyl (C=O) groups is 2. The predicted molar refractivity (Wildman–Crippen MR) is 130 cm³/mol. The number of rotatable bonds is 5. The number of benzene rings is 2. The summed E-state index contributed by atoms with van der Waals surface area (Å²) in [5.74, 6) is 0.501. The Labute approximate surface area is 199 Å². The van der Waals surface area contributed by atoms with Crippen LogP contribution >= 0.6 is 15.9 Å². The van der Waals surface area contributed by atoms with Crippen LogP contribution in [-0.2, 0) is 11.3 Å². The van der Waals surface area contributed by atoms with Crippen molar-refractivity contribution >= 4 is 27.7 Å². The molecule has 2 fully saturated rings. The molecule has 2 aliphatic heterocycles. The Bertz CT molecular complexity index is 920. The first-order chi connectivity index (χ1) is 15.5. The van der Waals surface area contributed by atoms with Gasteiger partial charge < -0.3 is 14.7 Å². The summed E-state index contributed by atoms with van der Waals surface area (Å²) in [6.07, 6.45) is 3.85. The second-order valence-electron chi connectivity index (χ2n) is 8.99. The molecule has 0 radical (unpaired) electrons. The molecule has 5 nitrogen and oxygen atoms in total. The van der Waals surface area contributed by atoms with Crippen LogP contribution in [0.3, 0.4) is 0 Å². The van der Waals surface area contributed by atoms with E-state index in [4.69, 9.17) is 0 Å². The van der Waals surface area contributed by atoms with E-state index in [-0.39, 0.29) is 17.7 Å². The maximum Gasteiger partial charge on any atom is 0.254 e. The third kappa shape index (κ3) is 5.41. The summed E-state index contributed by atoms with van der Waals surface area (Å²) in [5.41, 5.74) is 1.91. The Balaban J connectivity index is 1.23. The number of piperidine rings is 2. The maximum atomic E-state index is 12.9. The Morgan fingerprint density at radius 2 is 1.53 bits per heavy atom. The molecule has 0 bridgehead atoms. The van der Waals surface area contributed by atoms with Gasteiger partial charge in [-0.05, 0) is 72.4 Å². The molecule has 0 atom stereocenters. The lowest BCUT2D eigenvalue weighted by Gasteiger charge is -2.42. The Hall–Kier alpha value is -2.18. The van der Waals surface area contributed by atoms with Crippen molar-refractivity contribution in [1.82, 2.24) is 14.7 Å². The number of amides is 2. The zero-order chi connectivity index (χ0) is 22.5. The van der Waals surface area contributed by atoms with Crippen molar-refractivity contribution in [3.63, 3.8) is 0 Å². The minimum absolute atomic E-state index is 0.113. The minimum atomic E-state index is 0.113. The highest BCUT2D eigenvalue weighted by atomic mass is 79.9. The van der Waals surface area contributed by atoms with Crippen LogP contribution in [0.2, 0.25) is 0 Å². The molecule has 0 spiro atoms. The normalized spacial score (nSPS) is 18.5. The molecule has 170 valence electrons. The molecule has 2 amide bonds. The molecular weight excluding hydrogens is 466 g/mol. The molecule has 2 saturated heterocycles. The number of likely N-dealkylation sites (tertiary alicyclic amines) is 2. The highest BCUT2D eigenvalue weighted by Crippen LogP contribution is 2.27. The standard InChI is InChI=1S/C26H32BrN3O2/c1-28(19-20-7-3-2-4-8-20)25(31)21-11-15-29(16-12-21)22-13-17-30(18-14-22)26(32)23-9-5-6-10-24(23)27/h2-10,21-22H,11-19H2,1H3. The highest BCUT2D eigenvalue weighted by molar-refractivity contribution is 9.10. The summed E-state index contributed by atoms with van der Waals surface area (Å²) in [6, 6.07) is 18.3. The summed E-state index contributed by atoms with van der Waals surface area (Å²) < 4.78 is 0.857. The molecule has 32 heavy (non-hydrogen) atoms. The molecule has 0 aliphatic carbocycles. The maximum absolute atomic E-state index is 12.9. The van der Waals surface area contributed by atoms with Crippen molar-refractivity contribution in [3.8, 4) is 0 Å². The van der Waals surface area contributed by atoms with E-state index in [1.807, 2.05) is 59.3 Å². The molecule has 2 aromatic carbocycles. The van der Waals surface area contributed by atoms with Crippen molar-refractivity contribution in [1.29, 1.82) is 0 Å². The van der Waals surface area contributed by atoms with Gasteiger partial charge in [0.15, 0.2) is 0 Å². The van der Waals surface area contributed by atoms with Crippen LogP contribution in [0.4, 0.5) is 0 Å². The van der Waals surface area contributed by atoms with Crippen LogP contribution in [0.15, 0.2) is 59.1 Å². The summed E-state index contributed by atoms with van der Waals surface area (Å²) in [6.45, 7) is 4.20. The summed E-state index contributed by atoms with van der Waals surface area (Å²) in [4.78, 5) is 32.2. The average Bonchev–Trinajstić information content (AvgIpc) is 2.84. The fourth-order valence-electron chi connectivity index (χ4n) is 5.00. The Morgan fingerprint density at radius 1 is 0.906 bits per heavy atom. The van der Waals surface area contributed by atoms with E-state index in [1.165, 1.54) is 5.56 Å². The number of nitrogens with zero attached hydrogens (tertiary/aromatic N) is 3. The van der Waals surface area contributed by atoms with Gasteiger partial charge in [0.1, 0.15) is 0 Å². The van der Waals surface area contributed by atoms with Gasteiger partial charge in [-0.2, -0.15) is 0 Å². The van der Waals surface area contributed by atoms with E-state index in [0.717, 1.165) is 61.9 Å². The summed E-state index contributed by atoms with van der Waals surface area (Å²) in [7, 11) is 1.92. The summed E-state index contributed by atoms with van der Waals surface area (Å²) >= 11 is 3.50. The van der Waals surface area contributed by atoms with Crippen LogP contribution in [0.25, 0.3) is 0 Å². The van der Waals surface area contributed by atoms with Crippen molar-refractivity contribution in [2.75, 3.05) is 33.2 Å². The van der Waals surface area contributed by atoms with Crippen LogP contribution in [0.1, 0.15) is 41.6 Å². The van der Waals surface area contributed by atoms with Crippen molar-refractivity contribution in [2.24, 2.45) is 5.92 Å². The van der Waals surface area contributed by atoms with Crippen LogP contribution in [0.5, 0.6) is 0 Å². The molecule has 4 rings (SSSR count). The van der Waals surface area contributed by atoms with Crippen LogP contribution in [-0.4, -0.2) is 65.8 Å². The van der Waals surface area contributed by atoms with E-state index in [0.29, 0.717) is 12.6 Å². The fraction of sp³-hybridized carbons (Fsp3) is 0.462. The number of hydrogen-bond acceptors (Lipinski definition) is 3. The predicted octanol–water partition coefficient (Wildman–Crippen LogP) is 4.42. The molecule has 2 heterocycles. The lowest BCUT2D eigenvalue weighted by Crippen LogP contribution is -2.50. The number of halogens is 1. The van der Waals surface area contributed by atoms with Gasteiger partial charge in [0.2, 0.25) is 5.91 Å². The minimum Gasteiger partial charge on any atom is -0.341 e. The molecule has 2 aliphatic rings. The van der Waals surface area contributed by atoms with Gasteiger partial charge in [-0.1, -0.05) is 42.5 Å². The molecule has 0 unspecified atom stereocenters. The first kappa shape index (κ1) is 23.0. The largest absolute Gasteiger partial charge is 0.341 e. The van der Waals surface area contributed by atoms with E-state index in [1.54, 1.807) is 0 Å². The van der Waals surface area contributed by atoms with Crippen molar-refractivity contribution in [3.05, 3.63) is 70.2 Å². The monoisotopic (exact) mass is 497 g/mol. The van der Waals surface area contributed by atoms with Gasteiger partial charge in [-0.3, -0.25) is 9.59 Å². The second kappa shape index (κ2) is 10.6. The zero-order valence-electron chi connectivity index (χ0n) is 18.8. The topological polar surface area (TPSA) is 43.9 Å². The number of hydrogen-bond donors (Lipinski definition) is 0. The van der Waals surface area contributed by atoms with Gasteiger partial charge in [0.25, 0.3) is 5.91 Å². The quantitative estimate of drug-likeness (QED) is 0.613. The van der Waals surface area contributed by atoms with E-state index in [9.17, 15) is 9.59 Å². The highest BCUT2D eigenvalue weighted by Gasteiger charge is 2.33. The van der Waals surface area contributed by atoms with E-state index in [2.05, 4.69) is 33.0 Å². The van der Waals surface area contributed by atoms with Crippen molar-refractivity contribution in [2.45, 2.75) is 38.3 Å². The second-order valence-corrected chi connectivity index (χ2v) is 9.85. The van der Waals surface area contributed by atoms with Gasteiger partial charge in [-0.15, -0.1) is 0 Å². The fourth-order valence-corrected chi connectivity index (χ4v) is 5.45. The molecule has 6 heteroatoms. The third-order valence-electron chi connectivity index (χ3n) is 6.89. The smallest absolute Gasteiger partial charge is 0.254 e. The van der Waals surface area contributed by atoms with Crippen LogP contribution in [0, 0.1) is 5.92 Å². The Morgan fingerprint density at radius 3 is 2.19 bits per heavy atom. The van der Waals surface area contributed by atoms with Gasteiger partial charge >= 0.3 is 0 Å². The molecule has 0 N–H and O–H groups in total. The SMILES string of the molecule is CN(Cc1ccccc1)C(=O)C1CCN(C2CCN(C(=O)c3ccccc3Br)CC2)CC1. The van der Waals surface area contributed by atoms with Gasteiger partial charge in [0, 0.05) is 43.1 Å². The van der Waals surface area contributed by atoms with E-state index < -0.39 is 0 Å². The van der Waals surface area contributed by atoms with Crippen molar-refractivity contribution < 1.29 is 9.59 Å². The molecular formula is C26H32BrN3O2. The van der Waals surface area contributed by atoms with Gasteiger partial charge in [0.05, 0.1) is 5.56 Å². The molecule has 2 aromatic rings. The van der Waals surface area contributed by atoms with Gasteiger partial charge in [-0.25, -0.2) is 0 Å². The third-order valence-corrected chi connectivity index (χ3v) is 7.58. The summed E-state index contributed by atoms with van der Waals surface area (Å²) in [5, 5.41) is 0. The average molecular weight is 498 g/mol. The first-order valence-electron chi connectivity index (χ1n) is 11.6. The Kier molecular flexibility index (Phi) is 7.63. The number of carbonyl (C=O) groups excluding carboxylic acids is 2. The lowest BCUT2D eigenvalue weighted by molar-refractivity contribution is -0.136. The van der Waals surface area contributed by atoms with Crippen LogP contribution < -0.4 is 0 Å². The zero-order valence-corrected chi connectivity index (χ0v) is 20.3. The van der Waals surface area contributed by atoms with E-state index >= 15 is 0 Å².